The number of hydrogen-bond acceptors (Lipinski definition) is 3. The van der Waals surface area contributed by atoms with E-state index in [1.54, 1.807) is 0 Å². The van der Waals surface area contributed by atoms with E-state index in [0.29, 0.717) is 11.6 Å². The number of alkyl halides is 4. The Morgan fingerprint density at radius 2 is 2.00 bits per heavy atom. The van der Waals surface area contributed by atoms with Crippen LogP contribution in [0.25, 0.3) is 0 Å². The molecule has 0 spiro atoms. The van der Waals surface area contributed by atoms with Crippen LogP contribution in [0.3, 0.4) is 0 Å². The summed E-state index contributed by atoms with van der Waals surface area (Å²) in [6.07, 6.45) is -6.08. The van der Waals surface area contributed by atoms with Crippen LogP contribution < -0.4 is 5.32 Å². The summed E-state index contributed by atoms with van der Waals surface area (Å²) >= 11 is 2.88. The number of amides is 1. The van der Waals surface area contributed by atoms with E-state index in [0.717, 1.165) is 6.07 Å². The van der Waals surface area contributed by atoms with Crippen molar-refractivity contribution in [2.24, 2.45) is 0 Å². The quantitative estimate of drug-likeness (QED) is 0.786. The average Bonchev–Trinajstić information content (AvgIpc) is 2.48. The van der Waals surface area contributed by atoms with Gasteiger partial charge in [-0.1, -0.05) is 29.8 Å². The molecule has 1 amide bonds. The van der Waals surface area contributed by atoms with Crippen LogP contribution in [0, 0.1) is 18.3 Å². The van der Waals surface area contributed by atoms with E-state index in [-0.39, 0.29) is 11.0 Å². The molecule has 8 heteroatoms. The highest BCUT2D eigenvalue weighted by molar-refractivity contribution is 9.09. The number of nitrogens with zero attached hydrogens (tertiary/aromatic N) is 1. The van der Waals surface area contributed by atoms with Gasteiger partial charge in [0.2, 0.25) is 0 Å². The van der Waals surface area contributed by atoms with Crippen molar-refractivity contribution >= 4 is 27.5 Å². The number of carbonyl (C=O) groups excluding carboxylic acids is 1. The molecule has 1 rings (SSSR count). The molecular formula is C14H16BrF3N2O2. The van der Waals surface area contributed by atoms with Gasteiger partial charge in [-0.05, 0) is 24.6 Å². The third-order valence-corrected chi connectivity index (χ3v) is 3.11. The molecule has 0 saturated heterocycles. The van der Waals surface area contributed by atoms with Gasteiger partial charge in [0.25, 0.3) is 5.91 Å². The Morgan fingerprint density at radius 3 is 2.41 bits per heavy atom. The van der Waals surface area contributed by atoms with Crippen LogP contribution in [0.2, 0.25) is 0 Å². The van der Waals surface area contributed by atoms with E-state index < -0.39 is 29.3 Å². The zero-order valence-electron chi connectivity index (χ0n) is 12.3. The lowest BCUT2D eigenvalue weighted by atomic mass is 10.0. The first-order chi connectivity index (χ1) is 10.2. The normalized spacial score (nSPS) is 11.8. The summed E-state index contributed by atoms with van der Waals surface area (Å²) < 4.78 is 38.4. The summed E-state index contributed by atoms with van der Waals surface area (Å²) in [6, 6.07) is 3.20. The first-order valence-electron chi connectivity index (χ1n) is 6.37. The van der Waals surface area contributed by atoms with Crippen molar-refractivity contribution in [3.8, 4) is 6.07 Å². The van der Waals surface area contributed by atoms with Crippen molar-refractivity contribution in [3.63, 3.8) is 0 Å². The molecule has 122 valence electrons. The van der Waals surface area contributed by atoms with Crippen molar-refractivity contribution in [1.29, 1.82) is 5.26 Å². The number of aliphatic hydroxyl groups is 1. The fraction of sp³-hybridized carbons (Fsp3) is 0.429. The number of carbonyl (C=O) groups is 1. The smallest absolute Gasteiger partial charge is 0.382 e. The van der Waals surface area contributed by atoms with E-state index in [4.69, 9.17) is 5.26 Å². The predicted molar refractivity (Wildman–Crippen MR) is 80.7 cm³/mol. The minimum atomic E-state index is -4.70. The first kappa shape index (κ1) is 20.4. The maximum atomic E-state index is 12.8. The van der Waals surface area contributed by atoms with E-state index in [1.807, 2.05) is 13.8 Å². The number of nitrogens with one attached hydrogen (secondary N) is 1. The summed E-state index contributed by atoms with van der Waals surface area (Å²) in [5, 5.41) is 20.2. The summed E-state index contributed by atoms with van der Waals surface area (Å²) in [5.74, 6) is -0.831. The third kappa shape index (κ3) is 5.31. The van der Waals surface area contributed by atoms with Crippen LogP contribution in [0.5, 0.6) is 0 Å². The zero-order chi connectivity index (χ0) is 17.5. The van der Waals surface area contributed by atoms with Gasteiger partial charge in [-0.2, -0.15) is 18.4 Å². The van der Waals surface area contributed by atoms with E-state index in [1.165, 1.54) is 13.0 Å². The Morgan fingerprint density at radius 1 is 1.45 bits per heavy atom. The third-order valence-electron chi connectivity index (χ3n) is 2.50. The van der Waals surface area contributed by atoms with Crippen molar-refractivity contribution in [2.45, 2.75) is 33.1 Å². The molecule has 0 aliphatic carbocycles. The molecule has 0 aromatic heterocycles. The number of anilines is 1. The van der Waals surface area contributed by atoms with Gasteiger partial charge >= 0.3 is 6.18 Å². The Hall–Kier alpha value is -1.59. The standard InChI is InChI=1S/C12H10BrF3N2O2.C2H6/c1-6-2-7(5-17)8(12(14,15)16)3-9(6)18-11(20)10(19)4-13;1-2/h2-3,10,19H,4H2,1H3,(H,18,20);1-2H3. The number of aliphatic hydroxyl groups excluding tert-OH is 1. The number of hydrogen-bond donors (Lipinski definition) is 2. The molecule has 22 heavy (non-hydrogen) atoms. The van der Waals surface area contributed by atoms with Gasteiger partial charge in [0.1, 0.15) is 6.10 Å². The van der Waals surface area contributed by atoms with Gasteiger partial charge < -0.3 is 10.4 Å². The van der Waals surface area contributed by atoms with Gasteiger partial charge in [0.15, 0.2) is 0 Å². The lowest BCUT2D eigenvalue weighted by molar-refractivity contribution is -0.137. The molecule has 0 fully saturated rings. The summed E-state index contributed by atoms with van der Waals surface area (Å²) in [5.41, 5.74) is -1.45. The molecule has 0 saturated carbocycles. The monoisotopic (exact) mass is 380 g/mol. The molecule has 0 aliphatic heterocycles. The van der Waals surface area contributed by atoms with Crippen LogP contribution in [-0.4, -0.2) is 22.4 Å². The predicted octanol–water partition coefficient (Wildman–Crippen LogP) is 3.61. The Bertz CT molecular complexity index is 568. The lowest BCUT2D eigenvalue weighted by Gasteiger charge is -2.15. The average molecular weight is 381 g/mol. The Balaban J connectivity index is 0.00000211. The molecule has 1 aromatic rings. The molecule has 0 heterocycles. The highest BCUT2D eigenvalue weighted by atomic mass is 79.9. The van der Waals surface area contributed by atoms with E-state index in [9.17, 15) is 23.1 Å². The molecule has 1 atom stereocenters. The molecule has 1 unspecified atom stereocenters. The number of benzene rings is 1. The van der Waals surface area contributed by atoms with Crippen LogP contribution in [0.15, 0.2) is 12.1 Å². The van der Waals surface area contributed by atoms with Crippen molar-refractivity contribution in [3.05, 3.63) is 28.8 Å². The van der Waals surface area contributed by atoms with Gasteiger partial charge in [-0.25, -0.2) is 0 Å². The van der Waals surface area contributed by atoms with Crippen LogP contribution in [0.4, 0.5) is 18.9 Å². The van der Waals surface area contributed by atoms with Crippen molar-refractivity contribution in [1.82, 2.24) is 0 Å². The first-order valence-corrected chi connectivity index (χ1v) is 7.49. The van der Waals surface area contributed by atoms with Crippen molar-refractivity contribution < 1.29 is 23.1 Å². The lowest BCUT2D eigenvalue weighted by Crippen LogP contribution is -2.29. The SMILES string of the molecule is CC.Cc1cc(C#N)c(C(F)(F)F)cc1NC(=O)C(O)CBr. The molecule has 2 N–H and O–H groups in total. The number of halogens is 4. The fourth-order valence-corrected chi connectivity index (χ4v) is 1.75. The molecule has 0 bridgehead atoms. The van der Waals surface area contributed by atoms with Crippen LogP contribution in [-0.2, 0) is 11.0 Å². The number of nitriles is 1. The minimum absolute atomic E-state index is 0.0414. The highest BCUT2D eigenvalue weighted by Crippen LogP contribution is 2.35. The molecule has 0 aliphatic rings. The van der Waals surface area contributed by atoms with Crippen molar-refractivity contribution in [2.75, 3.05) is 10.6 Å². The second-order valence-electron chi connectivity index (χ2n) is 3.98. The van der Waals surface area contributed by atoms with Crippen LogP contribution in [0.1, 0.15) is 30.5 Å². The fourth-order valence-electron chi connectivity index (χ4n) is 1.46. The number of rotatable bonds is 3. The molecular weight excluding hydrogens is 365 g/mol. The van der Waals surface area contributed by atoms with Gasteiger partial charge in [0.05, 0.1) is 17.2 Å². The second kappa shape index (κ2) is 8.76. The molecule has 4 nitrogen and oxygen atoms in total. The van der Waals surface area contributed by atoms with Gasteiger partial charge in [-0.15, -0.1) is 0 Å². The minimum Gasteiger partial charge on any atom is -0.382 e. The summed E-state index contributed by atoms with van der Waals surface area (Å²) in [4.78, 5) is 11.5. The number of aryl methyl sites for hydroxylation is 1. The maximum Gasteiger partial charge on any atom is 0.417 e. The second-order valence-corrected chi connectivity index (χ2v) is 4.63. The maximum absolute atomic E-state index is 12.8. The zero-order valence-corrected chi connectivity index (χ0v) is 13.8. The Labute approximate surface area is 135 Å². The summed E-state index contributed by atoms with van der Waals surface area (Å²) in [7, 11) is 0. The Kier molecular flexibility index (Phi) is 8.12. The molecule has 0 radical (unpaired) electrons. The molecule has 1 aromatic carbocycles. The van der Waals surface area contributed by atoms with Gasteiger partial charge in [-0.3, -0.25) is 4.79 Å². The topological polar surface area (TPSA) is 73.1 Å². The van der Waals surface area contributed by atoms with E-state index in [2.05, 4.69) is 21.2 Å². The summed E-state index contributed by atoms with van der Waals surface area (Å²) in [6.45, 7) is 5.46. The van der Waals surface area contributed by atoms with Gasteiger partial charge in [0, 0.05) is 11.0 Å². The largest absolute Gasteiger partial charge is 0.417 e. The highest BCUT2D eigenvalue weighted by Gasteiger charge is 2.34. The van der Waals surface area contributed by atoms with Crippen LogP contribution >= 0.6 is 15.9 Å². The van der Waals surface area contributed by atoms with E-state index >= 15 is 0 Å².